The molecular weight excluding hydrogens is 308 g/mol. The Kier molecular flexibility index (Phi) is 4.24. The fourth-order valence-corrected chi connectivity index (χ4v) is 2.24. The van der Waals surface area contributed by atoms with E-state index in [-0.39, 0.29) is 5.54 Å². The first-order chi connectivity index (χ1) is 11.5. The Hall–Kier alpha value is -2.84. The molecule has 9 heteroatoms. The zero-order chi connectivity index (χ0) is 17.2. The van der Waals surface area contributed by atoms with Gasteiger partial charge in [0.15, 0.2) is 5.82 Å². The Morgan fingerprint density at radius 2 is 1.96 bits per heavy atom. The molecule has 0 aliphatic heterocycles. The molecule has 0 bridgehead atoms. The van der Waals surface area contributed by atoms with E-state index in [1.165, 1.54) is 0 Å². The first-order valence-electron chi connectivity index (χ1n) is 7.74. The number of pyridine rings is 1. The summed E-state index contributed by atoms with van der Waals surface area (Å²) >= 11 is 0. The van der Waals surface area contributed by atoms with Gasteiger partial charge in [-0.1, -0.05) is 5.21 Å². The number of nitrogens with zero attached hydrogens (tertiary/aromatic N) is 8. The number of tetrazole rings is 1. The van der Waals surface area contributed by atoms with Crippen molar-refractivity contribution in [3.63, 3.8) is 0 Å². The van der Waals surface area contributed by atoms with Gasteiger partial charge in [-0.25, -0.2) is 14.3 Å². The van der Waals surface area contributed by atoms with E-state index in [2.05, 4.69) is 30.8 Å². The number of aromatic nitrogens is 8. The van der Waals surface area contributed by atoms with Gasteiger partial charge in [0.05, 0.1) is 18.3 Å². The van der Waals surface area contributed by atoms with Crippen LogP contribution in [0.25, 0.3) is 11.3 Å². The molecule has 0 saturated carbocycles. The second-order valence-electron chi connectivity index (χ2n) is 6.30. The Balaban J connectivity index is 1.78. The smallest absolute Gasteiger partial charge is 0.213 e. The molecule has 3 aromatic rings. The molecule has 24 heavy (non-hydrogen) atoms. The first-order valence-corrected chi connectivity index (χ1v) is 7.74. The van der Waals surface area contributed by atoms with Gasteiger partial charge in [-0.2, -0.15) is 0 Å². The number of hydrogen-bond acceptors (Lipinski definition) is 7. The van der Waals surface area contributed by atoms with Gasteiger partial charge in [0.2, 0.25) is 5.88 Å². The standard InChI is InChI=1S/C15H20N8O/c1-5-24-14-7-6-11(8-16-14)12-9-22(20-17-12)10-13-18-19-21-23(13)15(2,3)4/h6-9H,5,10H2,1-4H3. The lowest BCUT2D eigenvalue weighted by Crippen LogP contribution is -2.26. The van der Waals surface area contributed by atoms with Gasteiger partial charge in [0.1, 0.15) is 12.2 Å². The van der Waals surface area contributed by atoms with Gasteiger partial charge < -0.3 is 4.74 Å². The molecule has 0 radical (unpaired) electrons. The normalized spacial score (nSPS) is 11.7. The molecule has 0 saturated heterocycles. The quantitative estimate of drug-likeness (QED) is 0.700. The van der Waals surface area contributed by atoms with Gasteiger partial charge in [0, 0.05) is 17.8 Å². The van der Waals surface area contributed by atoms with Crippen molar-refractivity contribution >= 4 is 0 Å². The molecule has 9 nitrogen and oxygen atoms in total. The van der Waals surface area contributed by atoms with E-state index in [4.69, 9.17) is 4.74 Å². The maximum Gasteiger partial charge on any atom is 0.213 e. The summed E-state index contributed by atoms with van der Waals surface area (Å²) in [5.74, 6) is 1.32. The van der Waals surface area contributed by atoms with Crippen molar-refractivity contribution in [2.75, 3.05) is 6.61 Å². The largest absolute Gasteiger partial charge is 0.478 e. The van der Waals surface area contributed by atoms with Crippen molar-refractivity contribution in [3.8, 4) is 17.1 Å². The van der Waals surface area contributed by atoms with E-state index in [1.54, 1.807) is 15.6 Å². The van der Waals surface area contributed by atoms with Crippen LogP contribution in [-0.2, 0) is 12.1 Å². The SMILES string of the molecule is CCOc1ccc(-c2cn(Cc3nnnn3C(C)(C)C)nn2)cn1. The molecule has 0 aliphatic rings. The molecule has 0 unspecified atom stereocenters. The Morgan fingerprint density at radius 3 is 2.62 bits per heavy atom. The van der Waals surface area contributed by atoms with Gasteiger partial charge >= 0.3 is 0 Å². The highest BCUT2D eigenvalue weighted by Crippen LogP contribution is 2.18. The lowest BCUT2D eigenvalue weighted by molar-refractivity contribution is 0.327. The van der Waals surface area contributed by atoms with Gasteiger partial charge in [0.25, 0.3) is 0 Å². The predicted octanol–water partition coefficient (Wildman–Crippen LogP) is 1.53. The number of ether oxygens (including phenoxy) is 1. The Morgan fingerprint density at radius 1 is 1.12 bits per heavy atom. The lowest BCUT2D eigenvalue weighted by atomic mass is 10.1. The van der Waals surface area contributed by atoms with Gasteiger partial charge in [-0.15, -0.1) is 10.2 Å². The Bertz CT molecular complexity index is 799. The monoisotopic (exact) mass is 328 g/mol. The fourth-order valence-electron chi connectivity index (χ4n) is 2.24. The summed E-state index contributed by atoms with van der Waals surface area (Å²) in [5.41, 5.74) is 1.42. The van der Waals surface area contributed by atoms with Crippen molar-refractivity contribution in [1.82, 2.24) is 40.2 Å². The van der Waals surface area contributed by atoms with Crippen LogP contribution >= 0.6 is 0 Å². The third-order valence-corrected chi connectivity index (χ3v) is 3.34. The molecule has 126 valence electrons. The average molecular weight is 328 g/mol. The first kappa shape index (κ1) is 16.0. The van der Waals surface area contributed by atoms with Crippen LogP contribution in [0.5, 0.6) is 5.88 Å². The van der Waals surface area contributed by atoms with Gasteiger partial charge in [-0.05, 0) is 44.2 Å². The summed E-state index contributed by atoms with van der Waals surface area (Å²) < 4.78 is 8.83. The topological polar surface area (TPSA) is 96.4 Å². The molecule has 3 rings (SSSR count). The third kappa shape index (κ3) is 3.39. The van der Waals surface area contributed by atoms with E-state index >= 15 is 0 Å². The van der Waals surface area contributed by atoms with Crippen molar-refractivity contribution in [3.05, 3.63) is 30.4 Å². The number of hydrogen-bond donors (Lipinski definition) is 0. The summed E-state index contributed by atoms with van der Waals surface area (Å²) in [4.78, 5) is 4.24. The van der Waals surface area contributed by atoms with Crippen molar-refractivity contribution in [2.45, 2.75) is 39.8 Å². The van der Waals surface area contributed by atoms with Gasteiger partial charge in [-0.3, -0.25) is 0 Å². The maximum atomic E-state index is 5.34. The molecule has 0 atom stereocenters. The molecule has 0 N–H and O–H groups in total. The summed E-state index contributed by atoms with van der Waals surface area (Å²) in [6.07, 6.45) is 3.57. The molecule has 3 aromatic heterocycles. The lowest BCUT2D eigenvalue weighted by Gasteiger charge is -2.19. The van der Waals surface area contributed by atoms with E-state index in [9.17, 15) is 0 Å². The van der Waals surface area contributed by atoms with Crippen LogP contribution in [0.3, 0.4) is 0 Å². The average Bonchev–Trinajstić information content (AvgIpc) is 3.18. The molecular formula is C15H20N8O. The van der Waals surface area contributed by atoms with E-state index in [0.717, 1.165) is 17.1 Å². The zero-order valence-electron chi connectivity index (χ0n) is 14.2. The van der Waals surface area contributed by atoms with Crippen LogP contribution in [0, 0.1) is 0 Å². The summed E-state index contributed by atoms with van der Waals surface area (Å²) in [6.45, 7) is 9.10. The number of rotatable bonds is 5. The predicted molar refractivity (Wildman–Crippen MR) is 86.3 cm³/mol. The molecule has 0 aromatic carbocycles. The minimum Gasteiger partial charge on any atom is -0.478 e. The summed E-state index contributed by atoms with van der Waals surface area (Å²) in [5, 5.41) is 20.2. The second-order valence-corrected chi connectivity index (χ2v) is 6.30. The fraction of sp³-hybridized carbons (Fsp3) is 0.467. The molecule has 0 fully saturated rings. The van der Waals surface area contributed by atoms with Crippen LogP contribution in [0.4, 0.5) is 0 Å². The van der Waals surface area contributed by atoms with Crippen LogP contribution < -0.4 is 4.74 Å². The Labute approximate surface area is 139 Å². The van der Waals surface area contributed by atoms with E-state index in [0.29, 0.717) is 19.0 Å². The molecule has 0 aliphatic carbocycles. The molecule has 0 amide bonds. The highest BCUT2D eigenvalue weighted by Gasteiger charge is 2.20. The maximum absolute atomic E-state index is 5.34. The summed E-state index contributed by atoms with van der Waals surface area (Å²) in [7, 11) is 0. The second kappa shape index (κ2) is 6.34. The minimum atomic E-state index is -0.193. The van der Waals surface area contributed by atoms with Crippen LogP contribution in [0.1, 0.15) is 33.5 Å². The third-order valence-electron chi connectivity index (χ3n) is 3.34. The van der Waals surface area contributed by atoms with Crippen molar-refractivity contribution in [1.29, 1.82) is 0 Å². The highest BCUT2D eigenvalue weighted by molar-refractivity contribution is 5.56. The zero-order valence-corrected chi connectivity index (χ0v) is 14.2. The van der Waals surface area contributed by atoms with Crippen LogP contribution in [-0.4, -0.2) is 46.8 Å². The van der Waals surface area contributed by atoms with Crippen molar-refractivity contribution in [2.24, 2.45) is 0 Å². The minimum absolute atomic E-state index is 0.193. The van der Waals surface area contributed by atoms with Crippen LogP contribution in [0.15, 0.2) is 24.5 Å². The molecule has 0 spiro atoms. The van der Waals surface area contributed by atoms with E-state index < -0.39 is 0 Å². The highest BCUT2D eigenvalue weighted by atomic mass is 16.5. The summed E-state index contributed by atoms with van der Waals surface area (Å²) in [6, 6.07) is 3.73. The van der Waals surface area contributed by atoms with Crippen molar-refractivity contribution < 1.29 is 4.74 Å². The molecule has 3 heterocycles. The van der Waals surface area contributed by atoms with Crippen LogP contribution in [0.2, 0.25) is 0 Å². The van der Waals surface area contributed by atoms with E-state index in [1.807, 2.05) is 46.0 Å².